The topological polar surface area (TPSA) is 47.3 Å². The van der Waals surface area contributed by atoms with Crippen LogP contribution in [0.3, 0.4) is 0 Å². The third-order valence-corrected chi connectivity index (χ3v) is 1.87. The highest BCUT2D eigenvalue weighted by atomic mass is 16.2. The molecule has 0 aromatic carbocycles. The summed E-state index contributed by atoms with van der Waals surface area (Å²) in [6.07, 6.45) is 2.06. The first kappa shape index (κ1) is 7.86. The zero-order chi connectivity index (χ0) is 8.27. The van der Waals surface area contributed by atoms with Crippen molar-refractivity contribution in [2.24, 2.45) is 0 Å². The number of piperazine rings is 1. The molecule has 0 N–H and O–H groups in total. The molecule has 0 aliphatic carbocycles. The number of amides is 1. The Labute approximate surface area is 66.0 Å². The zero-order valence-electron chi connectivity index (χ0n) is 6.58. The summed E-state index contributed by atoms with van der Waals surface area (Å²) < 4.78 is 0. The van der Waals surface area contributed by atoms with Crippen molar-refractivity contribution in [1.82, 2.24) is 9.80 Å². The lowest BCUT2D eigenvalue weighted by atomic mass is 10.3. The van der Waals surface area contributed by atoms with Crippen LogP contribution in [-0.2, 0) is 4.79 Å². The average Bonchev–Trinajstić information content (AvgIpc) is 2.05. The van der Waals surface area contributed by atoms with E-state index in [1.54, 1.807) is 16.7 Å². The number of hydrogen-bond acceptors (Lipinski definition) is 3. The molecule has 60 valence electrons. The summed E-state index contributed by atoms with van der Waals surface area (Å²) in [7, 11) is 0. The highest BCUT2D eigenvalue weighted by Gasteiger charge is 2.16. The van der Waals surface area contributed by atoms with Crippen LogP contribution in [0.5, 0.6) is 0 Å². The van der Waals surface area contributed by atoms with Crippen molar-refractivity contribution in [3.63, 3.8) is 0 Å². The van der Waals surface area contributed by atoms with Crippen LogP contribution in [0.4, 0.5) is 0 Å². The monoisotopic (exact) mass is 153 g/mol. The van der Waals surface area contributed by atoms with Crippen molar-refractivity contribution in [1.29, 1.82) is 5.26 Å². The molecule has 4 nitrogen and oxygen atoms in total. The molecule has 0 bridgehead atoms. The van der Waals surface area contributed by atoms with E-state index in [2.05, 4.69) is 6.19 Å². The second kappa shape index (κ2) is 3.24. The molecule has 0 spiro atoms. The molecule has 0 saturated carbocycles. The lowest BCUT2D eigenvalue weighted by molar-refractivity contribution is -0.130. The van der Waals surface area contributed by atoms with Crippen LogP contribution in [0, 0.1) is 11.5 Å². The third-order valence-electron chi connectivity index (χ3n) is 1.87. The molecular weight excluding hydrogens is 142 g/mol. The molecule has 0 radical (unpaired) electrons. The molecule has 0 aromatic rings. The zero-order valence-corrected chi connectivity index (χ0v) is 6.58. The summed E-state index contributed by atoms with van der Waals surface area (Å²) in [5.74, 6) is 0.0996. The predicted molar refractivity (Wildman–Crippen MR) is 39.4 cm³/mol. The van der Waals surface area contributed by atoms with E-state index in [0.29, 0.717) is 26.2 Å². The van der Waals surface area contributed by atoms with Gasteiger partial charge in [0.1, 0.15) is 0 Å². The molecule has 1 aliphatic rings. The summed E-state index contributed by atoms with van der Waals surface area (Å²) in [6.45, 7) is 4.28. The maximum absolute atomic E-state index is 10.8. The number of hydrogen-bond donors (Lipinski definition) is 0. The van der Waals surface area contributed by atoms with E-state index in [0.717, 1.165) is 0 Å². The number of carbonyl (C=O) groups is 1. The second-order valence-electron chi connectivity index (χ2n) is 2.59. The van der Waals surface area contributed by atoms with Crippen LogP contribution in [-0.4, -0.2) is 41.9 Å². The van der Waals surface area contributed by atoms with Gasteiger partial charge in [0.05, 0.1) is 0 Å². The first-order chi connectivity index (χ1) is 5.24. The first-order valence-electron chi connectivity index (χ1n) is 3.64. The van der Waals surface area contributed by atoms with Gasteiger partial charge >= 0.3 is 0 Å². The molecule has 0 atom stereocenters. The summed E-state index contributed by atoms with van der Waals surface area (Å²) >= 11 is 0. The highest BCUT2D eigenvalue weighted by Crippen LogP contribution is 1.99. The van der Waals surface area contributed by atoms with Gasteiger partial charge in [0.2, 0.25) is 5.91 Å². The Morgan fingerprint density at radius 3 is 2.27 bits per heavy atom. The molecule has 11 heavy (non-hydrogen) atoms. The van der Waals surface area contributed by atoms with Gasteiger partial charge in [0, 0.05) is 33.1 Å². The molecule has 1 saturated heterocycles. The van der Waals surface area contributed by atoms with Gasteiger partial charge in [-0.2, -0.15) is 5.26 Å². The van der Waals surface area contributed by atoms with Gasteiger partial charge in [-0.1, -0.05) is 0 Å². The minimum atomic E-state index is 0.0996. The van der Waals surface area contributed by atoms with Gasteiger partial charge in [-0.3, -0.25) is 4.79 Å². The van der Waals surface area contributed by atoms with Crippen LogP contribution in [0.2, 0.25) is 0 Å². The standard InChI is InChI=1S/C7H11N3O/c1-7(11)10-4-2-9(6-8)3-5-10/h2-5H2,1H3. The summed E-state index contributed by atoms with van der Waals surface area (Å²) in [5.41, 5.74) is 0. The smallest absolute Gasteiger partial charge is 0.219 e. The van der Waals surface area contributed by atoms with Gasteiger partial charge < -0.3 is 9.80 Å². The van der Waals surface area contributed by atoms with E-state index in [9.17, 15) is 4.79 Å². The van der Waals surface area contributed by atoms with Crippen LogP contribution < -0.4 is 0 Å². The van der Waals surface area contributed by atoms with Gasteiger partial charge in [-0.15, -0.1) is 0 Å². The fourth-order valence-corrected chi connectivity index (χ4v) is 1.12. The molecule has 4 heteroatoms. The molecule has 0 aromatic heterocycles. The summed E-state index contributed by atoms with van der Waals surface area (Å²) in [5, 5.41) is 8.49. The third kappa shape index (κ3) is 1.84. The Morgan fingerprint density at radius 2 is 1.91 bits per heavy atom. The molecule has 1 rings (SSSR count). The molecule has 1 amide bonds. The second-order valence-corrected chi connectivity index (χ2v) is 2.59. The van der Waals surface area contributed by atoms with E-state index in [1.807, 2.05) is 0 Å². The Morgan fingerprint density at radius 1 is 1.36 bits per heavy atom. The van der Waals surface area contributed by atoms with Gasteiger partial charge in [0.25, 0.3) is 0 Å². The molecular formula is C7H11N3O. The van der Waals surface area contributed by atoms with E-state index in [4.69, 9.17) is 5.26 Å². The molecule has 1 heterocycles. The van der Waals surface area contributed by atoms with E-state index in [1.165, 1.54) is 0 Å². The van der Waals surface area contributed by atoms with Crippen LogP contribution in [0.1, 0.15) is 6.92 Å². The van der Waals surface area contributed by atoms with Gasteiger partial charge in [0.15, 0.2) is 6.19 Å². The Balaban J connectivity index is 2.37. The van der Waals surface area contributed by atoms with Crippen molar-refractivity contribution in [3.8, 4) is 6.19 Å². The Hall–Kier alpha value is -1.24. The minimum Gasteiger partial charge on any atom is -0.339 e. The largest absolute Gasteiger partial charge is 0.339 e. The SMILES string of the molecule is CC(=O)N1CCN(C#N)CC1. The van der Waals surface area contributed by atoms with Crippen LogP contribution in [0.15, 0.2) is 0 Å². The van der Waals surface area contributed by atoms with Crippen molar-refractivity contribution in [2.75, 3.05) is 26.2 Å². The van der Waals surface area contributed by atoms with Crippen molar-refractivity contribution >= 4 is 5.91 Å². The number of rotatable bonds is 0. The van der Waals surface area contributed by atoms with Gasteiger partial charge in [-0.05, 0) is 0 Å². The lowest BCUT2D eigenvalue weighted by Gasteiger charge is -2.30. The Kier molecular flexibility index (Phi) is 2.32. The normalized spacial score (nSPS) is 17.8. The van der Waals surface area contributed by atoms with Crippen molar-refractivity contribution < 1.29 is 4.79 Å². The van der Waals surface area contributed by atoms with Gasteiger partial charge in [-0.25, -0.2) is 0 Å². The average molecular weight is 153 g/mol. The van der Waals surface area contributed by atoms with E-state index in [-0.39, 0.29) is 5.91 Å². The molecule has 1 aliphatic heterocycles. The first-order valence-corrected chi connectivity index (χ1v) is 3.64. The number of nitriles is 1. The van der Waals surface area contributed by atoms with Crippen molar-refractivity contribution in [2.45, 2.75) is 6.92 Å². The molecule has 0 unspecified atom stereocenters. The van der Waals surface area contributed by atoms with Crippen LogP contribution in [0.25, 0.3) is 0 Å². The lowest BCUT2D eigenvalue weighted by Crippen LogP contribution is -2.46. The minimum absolute atomic E-state index is 0.0996. The number of carbonyl (C=O) groups excluding carboxylic acids is 1. The Bertz CT molecular complexity index is 188. The van der Waals surface area contributed by atoms with E-state index >= 15 is 0 Å². The highest BCUT2D eigenvalue weighted by molar-refractivity contribution is 5.73. The van der Waals surface area contributed by atoms with Crippen molar-refractivity contribution in [3.05, 3.63) is 0 Å². The quantitative estimate of drug-likeness (QED) is 0.446. The summed E-state index contributed by atoms with van der Waals surface area (Å²) in [4.78, 5) is 14.2. The predicted octanol–water partition coefficient (Wildman–Crippen LogP) is -0.368. The fraction of sp³-hybridized carbons (Fsp3) is 0.714. The maximum atomic E-state index is 10.8. The molecule has 1 fully saturated rings. The maximum Gasteiger partial charge on any atom is 0.219 e. The fourth-order valence-electron chi connectivity index (χ4n) is 1.12. The summed E-state index contributed by atoms with van der Waals surface area (Å²) in [6, 6.07) is 0. The van der Waals surface area contributed by atoms with E-state index < -0.39 is 0 Å². The number of nitrogens with zero attached hydrogens (tertiary/aromatic N) is 3. The van der Waals surface area contributed by atoms with Crippen LogP contribution >= 0.6 is 0 Å².